The van der Waals surface area contributed by atoms with Gasteiger partial charge in [-0.15, -0.1) is 0 Å². The molecule has 2 fully saturated rings. The molecule has 1 atom stereocenters. The predicted octanol–water partition coefficient (Wildman–Crippen LogP) is 6.25. The summed E-state index contributed by atoms with van der Waals surface area (Å²) in [6.07, 6.45) is 4.40. The van der Waals surface area contributed by atoms with Crippen LogP contribution >= 0.6 is 0 Å². The highest BCUT2D eigenvalue weighted by atomic mass is 16.3. The van der Waals surface area contributed by atoms with Gasteiger partial charge in [0, 0.05) is 65.2 Å². The maximum atomic E-state index is 13.3. The minimum atomic E-state index is 0.00309. The van der Waals surface area contributed by atoms with E-state index in [0.717, 1.165) is 76.2 Å². The van der Waals surface area contributed by atoms with Gasteiger partial charge in [0.25, 0.3) is 11.8 Å². The number of rotatable bonds is 5. The summed E-state index contributed by atoms with van der Waals surface area (Å²) in [5, 5.41) is 5.12. The van der Waals surface area contributed by atoms with E-state index in [0.29, 0.717) is 24.6 Å². The number of nitrogens with two attached hydrogens (primary N) is 1. The number of piperidine rings is 1. The third-order valence-corrected chi connectivity index (χ3v) is 9.33. The van der Waals surface area contributed by atoms with Crippen molar-refractivity contribution in [2.45, 2.75) is 51.7 Å². The first-order valence-corrected chi connectivity index (χ1v) is 15.1. The number of likely N-dealkylation sites (tertiary alicyclic amines) is 1. The molecule has 0 bridgehead atoms. The number of benzene rings is 3. The number of aromatic nitrogens is 1. The van der Waals surface area contributed by atoms with Crippen molar-refractivity contribution in [3.63, 3.8) is 0 Å². The summed E-state index contributed by atoms with van der Waals surface area (Å²) in [5.41, 5.74) is 14.9. The lowest BCUT2D eigenvalue weighted by atomic mass is 9.99. The van der Waals surface area contributed by atoms with E-state index in [1.54, 1.807) is 0 Å². The minimum Gasteiger partial charge on any atom is -0.454 e. The van der Waals surface area contributed by atoms with E-state index < -0.39 is 0 Å². The molecule has 0 unspecified atom stereocenters. The van der Waals surface area contributed by atoms with E-state index in [9.17, 15) is 9.59 Å². The fraction of sp³-hybridized carbons (Fsp3) is 0.314. The SMILES string of the molecule is Cc1c(-c2cc3ccc(-c4ccc5c(c4)CNC5=O)cc3n2CC2CC2)oc2cc(C(=O)N3CCC[C@@H](N)C3)ccc12. The second kappa shape index (κ2) is 9.60. The highest BCUT2D eigenvalue weighted by Gasteiger charge is 2.27. The number of nitrogens with zero attached hydrogens (tertiary/aromatic N) is 2. The summed E-state index contributed by atoms with van der Waals surface area (Å²) in [7, 11) is 0. The quantitative estimate of drug-likeness (QED) is 0.267. The Hall–Kier alpha value is -4.36. The van der Waals surface area contributed by atoms with Crippen LogP contribution in [0.5, 0.6) is 0 Å². The van der Waals surface area contributed by atoms with Crippen LogP contribution in [0, 0.1) is 12.8 Å². The van der Waals surface area contributed by atoms with Gasteiger partial charge in [0.1, 0.15) is 5.58 Å². The molecular weight excluding hydrogens is 524 g/mol. The summed E-state index contributed by atoms with van der Waals surface area (Å²) < 4.78 is 8.99. The Morgan fingerprint density at radius 3 is 2.69 bits per heavy atom. The first kappa shape index (κ1) is 25.4. The van der Waals surface area contributed by atoms with Crippen molar-refractivity contribution < 1.29 is 14.0 Å². The zero-order valence-corrected chi connectivity index (χ0v) is 23.8. The number of carbonyl (C=O) groups excluding carboxylic acids is 2. The second-order valence-electron chi connectivity index (χ2n) is 12.3. The average Bonchev–Trinajstić information content (AvgIpc) is 3.54. The molecule has 0 spiro atoms. The van der Waals surface area contributed by atoms with E-state index in [1.165, 1.54) is 23.7 Å². The zero-order chi connectivity index (χ0) is 28.5. The van der Waals surface area contributed by atoms with E-state index in [-0.39, 0.29) is 17.9 Å². The molecule has 1 saturated carbocycles. The fourth-order valence-corrected chi connectivity index (χ4v) is 6.77. The Bertz CT molecular complexity index is 1910. The molecular formula is C35H34N4O3. The molecule has 1 aliphatic carbocycles. The van der Waals surface area contributed by atoms with Gasteiger partial charge in [-0.1, -0.05) is 24.3 Å². The molecule has 0 radical (unpaired) electrons. The minimum absolute atomic E-state index is 0.00309. The van der Waals surface area contributed by atoms with Crippen LogP contribution in [0.1, 0.15) is 57.5 Å². The topological polar surface area (TPSA) is 93.5 Å². The molecule has 8 rings (SSSR count). The van der Waals surface area contributed by atoms with Crippen molar-refractivity contribution in [1.29, 1.82) is 0 Å². The first-order valence-electron chi connectivity index (χ1n) is 15.1. The molecule has 1 saturated heterocycles. The molecule has 5 aromatic rings. The number of hydrogen-bond acceptors (Lipinski definition) is 4. The molecule has 3 aliphatic rings. The van der Waals surface area contributed by atoms with Gasteiger partial charge >= 0.3 is 0 Å². The molecule has 42 heavy (non-hydrogen) atoms. The van der Waals surface area contributed by atoms with Crippen LogP contribution in [0.25, 0.3) is 44.5 Å². The highest BCUT2D eigenvalue weighted by molar-refractivity contribution is 6.00. The van der Waals surface area contributed by atoms with Crippen LogP contribution < -0.4 is 11.1 Å². The van der Waals surface area contributed by atoms with Gasteiger partial charge in [-0.2, -0.15) is 0 Å². The molecule has 3 N–H and O–H groups in total. The van der Waals surface area contributed by atoms with Crippen LogP contribution in [0.3, 0.4) is 0 Å². The van der Waals surface area contributed by atoms with E-state index in [2.05, 4.69) is 47.1 Å². The Labute approximate surface area is 244 Å². The lowest BCUT2D eigenvalue weighted by Gasteiger charge is -2.30. The molecule has 7 nitrogen and oxygen atoms in total. The summed E-state index contributed by atoms with van der Waals surface area (Å²) in [5.74, 6) is 1.55. The maximum absolute atomic E-state index is 13.3. The van der Waals surface area contributed by atoms with Crippen LogP contribution in [-0.4, -0.2) is 40.4 Å². The van der Waals surface area contributed by atoms with Crippen LogP contribution in [0.4, 0.5) is 0 Å². The van der Waals surface area contributed by atoms with Gasteiger partial charge in [-0.3, -0.25) is 9.59 Å². The maximum Gasteiger partial charge on any atom is 0.254 e. The fourth-order valence-electron chi connectivity index (χ4n) is 6.77. The van der Waals surface area contributed by atoms with E-state index in [1.807, 2.05) is 35.2 Å². The van der Waals surface area contributed by atoms with Gasteiger partial charge in [-0.05, 0) is 91.6 Å². The molecule has 4 heterocycles. The summed E-state index contributed by atoms with van der Waals surface area (Å²) >= 11 is 0. The highest BCUT2D eigenvalue weighted by Crippen LogP contribution is 2.40. The van der Waals surface area contributed by atoms with Crippen LogP contribution in [0.15, 0.2) is 65.1 Å². The van der Waals surface area contributed by atoms with Crippen molar-refractivity contribution >= 4 is 33.7 Å². The molecule has 2 amide bonds. The third kappa shape index (κ3) is 4.22. The number of aryl methyl sites for hydroxylation is 1. The van der Waals surface area contributed by atoms with Gasteiger partial charge in [0.2, 0.25) is 0 Å². The van der Waals surface area contributed by atoms with Crippen molar-refractivity contribution in [3.05, 3.63) is 82.9 Å². The van der Waals surface area contributed by atoms with Crippen molar-refractivity contribution in [2.75, 3.05) is 13.1 Å². The van der Waals surface area contributed by atoms with Crippen molar-refractivity contribution in [2.24, 2.45) is 11.7 Å². The molecule has 7 heteroatoms. The lowest BCUT2D eigenvalue weighted by molar-refractivity contribution is 0.0708. The van der Waals surface area contributed by atoms with Gasteiger partial charge in [0.05, 0.1) is 5.69 Å². The lowest BCUT2D eigenvalue weighted by Crippen LogP contribution is -2.45. The largest absolute Gasteiger partial charge is 0.454 e. The van der Waals surface area contributed by atoms with Crippen molar-refractivity contribution in [3.8, 4) is 22.6 Å². The Balaban J connectivity index is 1.20. The number of hydrogen-bond donors (Lipinski definition) is 2. The number of nitrogens with one attached hydrogen (secondary N) is 1. The Morgan fingerprint density at radius 1 is 1.02 bits per heavy atom. The van der Waals surface area contributed by atoms with Gasteiger partial charge < -0.3 is 24.9 Å². The third-order valence-electron chi connectivity index (χ3n) is 9.33. The van der Waals surface area contributed by atoms with Gasteiger partial charge in [-0.25, -0.2) is 0 Å². The molecule has 2 aliphatic heterocycles. The standard InChI is InChI=1S/C35H34N4O3/c1-20-28-10-9-25(35(41)38-12-2-3-27(36)19-38)16-32(28)42-33(20)31-15-24-7-6-23(14-30(24)39(31)18-21-4-5-21)22-8-11-29-26(13-22)17-37-34(29)40/h6-11,13-16,21,27H,2-5,12,17-19,36H2,1H3,(H,37,40)/t27-/m1/s1. The van der Waals surface area contributed by atoms with Crippen molar-refractivity contribution in [1.82, 2.24) is 14.8 Å². The molecule has 212 valence electrons. The summed E-state index contributed by atoms with van der Waals surface area (Å²) in [4.78, 5) is 27.2. The van der Waals surface area contributed by atoms with E-state index >= 15 is 0 Å². The zero-order valence-electron chi connectivity index (χ0n) is 23.8. The first-order chi connectivity index (χ1) is 20.4. The average molecular weight is 559 g/mol. The number of amides is 2. The normalized spacial score (nSPS) is 18.6. The Kier molecular flexibility index (Phi) is 5.79. The molecule has 3 aromatic carbocycles. The van der Waals surface area contributed by atoms with E-state index in [4.69, 9.17) is 10.2 Å². The summed E-state index contributed by atoms with van der Waals surface area (Å²) in [6, 6.07) is 20.8. The smallest absolute Gasteiger partial charge is 0.254 e. The monoisotopic (exact) mass is 558 g/mol. The Morgan fingerprint density at radius 2 is 1.86 bits per heavy atom. The summed E-state index contributed by atoms with van der Waals surface area (Å²) in [6.45, 7) is 4.98. The van der Waals surface area contributed by atoms with Gasteiger partial charge in [0.15, 0.2) is 5.76 Å². The molecule has 2 aromatic heterocycles. The number of fused-ring (bicyclic) bond motifs is 3. The van der Waals surface area contributed by atoms with Crippen LogP contribution in [-0.2, 0) is 13.1 Å². The predicted molar refractivity (Wildman–Crippen MR) is 164 cm³/mol. The number of carbonyl (C=O) groups is 2. The second-order valence-corrected chi connectivity index (χ2v) is 12.3. The number of furan rings is 1. The van der Waals surface area contributed by atoms with Crippen LogP contribution in [0.2, 0.25) is 0 Å².